The molecule has 1 heterocycles. The van der Waals surface area contributed by atoms with Crippen LogP contribution in [0.2, 0.25) is 0 Å². The summed E-state index contributed by atoms with van der Waals surface area (Å²) in [6.07, 6.45) is 3.09. The largest absolute Gasteiger partial charge is 0.287 e. The van der Waals surface area contributed by atoms with Gasteiger partial charge < -0.3 is 0 Å². The van der Waals surface area contributed by atoms with Crippen LogP contribution in [0.4, 0.5) is 4.39 Å². The van der Waals surface area contributed by atoms with E-state index in [4.69, 9.17) is 0 Å². The maximum absolute atomic E-state index is 12.9. The quantitative estimate of drug-likeness (QED) is 0.805. The lowest BCUT2D eigenvalue weighted by atomic mass is 10.2. The number of benzene rings is 1. The Labute approximate surface area is 104 Å². The average molecular weight is 245 g/mol. The molecule has 1 aromatic carbocycles. The highest BCUT2D eigenvalue weighted by atomic mass is 19.1. The molecule has 0 aliphatic rings. The Kier molecular flexibility index (Phi) is 3.98. The second-order valence-corrected chi connectivity index (χ2v) is 3.67. The van der Waals surface area contributed by atoms with Gasteiger partial charge in [0, 0.05) is 24.5 Å². The highest BCUT2D eigenvalue weighted by Crippen LogP contribution is 2.02. The third kappa shape index (κ3) is 3.36. The number of nitrogens with one attached hydrogen (secondary N) is 2. The Balaban J connectivity index is 1.84. The molecule has 5 heteroatoms. The molecule has 1 amide bonds. The van der Waals surface area contributed by atoms with Gasteiger partial charge in [0.05, 0.1) is 0 Å². The topological polar surface area (TPSA) is 54.0 Å². The van der Waals surface area contributed by atoms with Gasteiger partial charge in [0.1, 0.15) is 5.82 Å². The number of carbonyl (C=O) groups excluding carboxylic acids is 1. The van der Waals surface area contributed by atoms with Crippen molar-refractivity contribution in [2.75, 3.05) is 0 Å². The van der Waals surface area contributed by atoms with Crippen LogP contribution in [0.3, 0.4) is 0 Å². The summed E-state index contributed by atoms with van der Waals surface area (Å²) < 4.78 is 12.9. The Morgan fingerprint density at radius 3 is 2.72 bits per heavy atom. The maximum atomic E-state index is 12.9. The fraction of sp³-hybridized carbons (Fsp3) is 0.0769. The molecule has 2 N–H and O–H groups in total. The maximum Gasteiger partial charge on any atom is 0.265 e. The van der Waals surface area contributed by atoms with E-state index in [1.165, 1.54) is 12.1 Å². The summed E-state index contributed by atoms with van der Waals surface area (Å²) in [6, 6.07) is 9.40. The Morgan fingerprint density at radius 2 is 2.00 bits per heavy atom. The predicted molar refractivity (Wildman–Crippen MR) is 64.9 cm³/mol. The first kappa shape index (κ1) is 12.2. The molecule has 0 saturated carbocycles. The standard InChI is InChI=1S/C13H12FN3O/c14-12-3-1-2-10(8-12)9-16-17-13(18)11-4-6-15-7-5-11/h1-8,16H,9H2,(H,17,18). The summed E-state index contributed by atoms with van der Waals surface area (Å²) in [5.41, 5.74) is 6.53. The van der Waals surface area contributed by atoms with E-state index in [0.717, 1.165) is 5.56 Å². The highest BCUT2D eigenvalue weighted by molar-refractivity contribution is 5.93. The van der Waals surface area contributed by atoms with E-state index in [0.29, 0.717) is 12.1 Å². The van der Waals surface area contributed by atoms with Crippen molar-refractivity contribution < 1.29 is 9.18 Å². The van der Waals surface area contributed by atoms with Crippen LogP contribution in [-0.2, 0) is 6.54 Å². The van der Waals surface area contributed by atoms with E-state index in [-0.39, 0.29) is 11.7 Å². The van der Waals surface area contributed by atoms with Crippen LogP contribution in [0.15, 0.2) is 48.8 Å². The molecule has 0 spiro atoms. The van der Waals surface area contributed by atoms with Crippen LogP contribution in [0.25, 0.3) is 0 Å². The molecule has 92 valence electrons. The molecule has 18 heavy (non-hydrogen) atoms. The normalized spacial score (nSPS) is 10.1. The van der Waals surface area contributed by atoms with Gasteiger partial charge in [-0.05, 0) is 29.8 Å². The first-order chi connectivity index (χ1) is 8.75. The van der Waals surface area contributed by atoms with Gasteiger partial charge in [0.15, 0.2) is 0 Å². The Bertz CT molecular complexity index is 531. The van der Waals surface area contributed by atoms with Crippen molar-refractivity contribution >= 4 is 5.91 Å². The smallest absolute Gasteiger partial charge is 0.265 e. The van der Waals surface area contributed by atoms with E-state index in [1.807, 2.05) is 0 Å². The first-order valence-corrected chi connectivity index (χ1v) is 5.43. The van der Waals surface area contributed by atoms with E-state index < -0.39 is 0 Å². The summed E-state index contributed by atoms with van der Waals surface area (Å²) in [4.78, 5) is 15.4. The van der Waals surface area contributed by atoms with Crippen LogP contribution >= 0.6 is 0 Å². The number of aromatic nitrogens is 1. The van der Waals surface area contributed by atoms with Crippen molar-refractivity contribution in [2.24, 2.45) is 0 Å². The Morgan fingerprint density at radius 1 is 1.22 bits per heavy atom. The van der Waals surface area contributed by atoms with Crippen molar-refractivity contribution in [3.05, 3.63) is 65.7 Å². The minimum atomic E-state index is -0.297. The van der Waals surface area contributed by atoms with Gasteiger partial charge >= 0.3 is 0 Å². The molecular formula is C13H12FN3O. The summed E-state index contributed by atoms with van der Waals surface area (Å²) in [7, 11) is 0. The summed E-state index contributed by atoms with van der Waals surface area (Å²) in [5, 5.41) is 0. The monoisotopic (exact) mass is 245 g/mol. The van der Waals surface area contributed by atoms with Crippen molar-refractivity contribution in [1.82, 2.24) is 15.8 Å². The lowest BCUT2D eigenvalue weighted by molar-refractivity contribution is 0.0932. The fourth-order valence-electron chi connectivity index (χ4n) is 1.45. The molecule has 4 nitrogen and oxygen atoms in total. The molecule has 0 unspecified atom stereocenters. The Hall–Kier alpha value is -2.27. The molecule has 0 saturated heterocycles. The molecule has 0 fully saturated rings. The van der Waals surface area contributed by atoms with Crippen LogP contribution < -0.4 is 10.9 Å². The van der Waals surface area contributed by atoms with Crippen LogP contribution in [-0.4, -0.2) is 10.9 Å². The van der Waals surface area contributed by atoms with Crippen molar-refractivity contribution in [1.29, 1.82) is 0 Å². The number of rotatable bonds is 4. The summed E-state index contributed by atoms with van der Waals surface area (Å²) >= 11 is 0. The predicted octanol–water partition coefficient (Wildman–Crippen LogP) is 1.66. The number of pyridine rings is 1. The minimum absolute atomic E-state index is 0.256. The lowest BCUT2D eigenvalue weighted by Crippen LogP contribution is -2.36. The second-order valence-electron chi connectivity index (χ2n) is 3.67. The molecule has 0 aliphatic heterocycles. The summed E-state index contributed by atoms with van der Waals surface area (Å²) in [5.74, 6) is -0.552. The second kappa shape index (κ2) is 5.88. The van der Waals surface area contributed by atoms with Crippen molar-refractivity contribution in [2.45, 2.75) is 6.54 Å². The van der Waals surface area contributed by atoms with Gasteiger partial charge in [0.2, 0.25) is 0 Å². The third-order valence-corrected chi connectivity index (χ3v) is 2.33. The molecule has 0 atom stereocenters. The van der Waals surface area contributed by atoms with E-state index in [1.54, 1.807) is 36.7 Å². The third-order valence-electron chi connectivity index (χ3n) is 2.33. The van der Waals surface area contributed by atoms with E-state index >= 15 is 0 Å². The summed E-state index contributed by atoms with van der Waals surface area (Å²) in [6.45, 7) is 0.356. The molecule has 2 aromatic rings. The van der Waals surface area contributed by atoms with Gasteiger partial charge in [-0.15, -0.1) is 0 Å². The molecule has 0 radical (unpaired) electrons. The number of nitrogens with zero attached hydrogens (tertiary/aromatic N) is 1. The number of carbonyl (C=O) groups is 1. The molecule has 0 aliphatic carbocycles. The number of halogens is 1. The molecule has 0 bridgehead atoms. The first-order valence-electron chi connectivity index (χ1n) is 5.43. The van der Waals surface area contributed by atoms with E-state index in [2.05, 4.69) is 15.8 Å². The molecule has 1 aromatic heterocycles. The molecule has 2 rings (SSSR count). The van der Waals surface area contributed by atoms with Gasteiger partial charge in [-0.25, -0.2) is 9.82 Å². The number of amides is 1. The number of hydrogen-bond donors (Lipinski definition) is 2. The van der Waals surface area contributed by atoms with Gasteiger partial charge in [0.25, 0.3) is 5.91 Å². The van der Waals surface area contributed by atoms with Crippen LogP contribution in [0.1, 0.15) is 15.9 Å². The van der Waals surface area contributed by atoms with Crippen LogP contribution in [0, 0.1) is 5.82 Å². The zero-order valence-corrected chi connectivity index (χ0v) is 9.56. The van der Waals surface area contributed by atoms with E-state index in [9.17, 15) is 9.18 Å². The zero-order chi connectivity index (χ0) is 12.8. The lowest BCUT2D eigenvalue weighted by Gasteiger charge is -2.07. The van der Waals surface area contributed by atoms with Crippen molar-refractivity contribution in [3.8, 4) is 0 Å². The number of hydrogen-bond acceptors (Lipinski definition) is 3. The van der Waals surface area contributed by atoms with Gasteiger partial charge in [-0.1, -0.05) is 12.1 Å². The fourth-order valence-corrected chi connectivity index (χ4v) is 1.45. The van der Waals surface area contributed by atoms with Crippen LogP contribution in [0.5, 0.6) is 0 Å². The SMILES string of the molecule is O=C(NNCc1cccc(F)c1)c1ccncc1. The molecular weight excluding hydrogens is 233 g/mol. The average Bonchev–Trinajstić information content (AvgIpc) is 2.40. The number of hydrazine groups is 1. The minimum Gasteiger partial charge on any atom is -0.287 e. The van der Waals surface area contributed by atoms with Gasteiger partial charge in [-0.2, -0.15) is 0 Å². The highest BCUT2D eigenvalue weighted by Gasteiger charge is 2.03. The van der Waals surface area contributed by atoms with Gasteiger partial charge in [-0.3, -0.25) is 15.2 Å². The van der Waals surface area contributed by atoms with Crippen molar-refractivity contribution in [3.63, 3.8) is 0 Å². The zero-order valence-electron chi connectivity index (χ0n) is 9.56.